The lowest BCUT2D eigenvalue weighted by atomic mass is 9.88. The van der Waals surface area contributed by atoms with Gasteiger partial charge in [0.1, 0.15) is 5.75 Å². The largest absolute Gasteiger partial charge is 0.497 e. The molecule has 0 radical (unpaired) electrons. The van der Waals surface area contributed by atoms with Crippen molar-refractivity contribution in [1.29, 1.82) is 0 Å². The number of aliphatic hydroxyl groups excluding tert-OH is 1. The van der Waals surface area contributed by atoms with Gasteiger partial charge in [0.15, 0.2) is 0 Å². The normalized spacial score (nSPS) is 14.4. The second-order valence-corrected chi connectivity index (χ2v) is 4.78. The molecule has 0 heterocycles. The lowest BCUT2D eigenvalue weighted by Crippen LogP contribution is -2.34. The first-order valence-electron chi connectivity index (χ1n) is 6.08. The van der Waals surface area contributed by atoms with E-state index in [1.807, 2.05) is 18.2 Å². The Morgan fingerprint density at radius 2 is 2.18 bits per heavy atom. The summed E-state index contributed by atoms with van der Waals surface area (Å²) in [6, 6.07) is 8.02. The number of benzene rings is 1. The molecule has 17 heavy (non-hydrogen) atoms. The predicted molar refractivity (Wildman–Crippen MR) is 70.2 cm³/mol. The molecule has 2 N–H and O–H groups in total. The van der Waals surface area contributed by atoms with E-state index in [2.05, 4.69) is 25.2 Å². The molecule has 0 fully saturated rings. The van der Waals surface area contributed by atoms with Crippen LogP contribution in [0.2, 0.25) is 0 Å². The fraction of sp³-hybridized carbons (Fsp3) is 0.571. The number of hydrogen-bond acceptors (Lipinski definition) is 3. The third kappa shape index (κ3) is 4.36. The summed E-state index contributed by atoms with van der Waals surface area (Å²) < 4.78 is 5.18. The lowest BCUT2D eigenvalue weighted by molar-refractivity contribution is 0.135. The molecule has 0 aromatic heterocycles. The van der Waals surface area contributed by atoms with Gasteiger partial charge in [0.25, 0.3) is 0 Å². The molecule has 3 nitrogen and oxygen atoms in total. The van der Waals surface area contributed by atoms with Crippen molar-refractivity contribution in [1.82, 2.24) is 5.32 Å². The van der Waals surface area contributed by atoms with Crippen LogP contribution in [0.3, 0.4) is 0 Å². The van der Waals surface area contributed by atoms with Gasteiger partial charge in [-0.05, 0) is 24.1 Å². The molecule has 0 aliphatic carbocycles. The van der Waals surface area contributed by atoms with Crippen LogP contribution in [-0.4, -0.2) is 25.4 Å². The Kier molecular flexibility index (Phi) is 5.45. The summed E-state index contributed by atoms with van der Waals surface area (Å²) in [5.74, 6) is 0.879. The van der Waals surface area contributed by atoms with Crippen LogP contribution < -0.4 is 10.1 Å². The summed E-state index contributed by atoms with van der Waals surface area (Å²) in [5, 5.41) is 12.7. The number of rotatable bonds is 7. The molecule has 3 heteroatoms. The van der Waals surface area contributed by atoms with Gasteiger partial charge in [0, 0.05) is 25.1 Å². The standard InChI is InChI=1S/C14H23NO2/c1-4-14(2,11-16)10-15-9-12-6-5-7-13(8-12)17-3/h5-8,15-16H,4,9-11H2,1-3H3. The van der Waals surface area contributed by atoms with Gasteiger partial charge in [-0.3, -0.25) is 0 Å². The van der Waals surface area contributed by atoms with Gasteiger partial charge in [0.2, 0.25) is 0 Å². The molecule has 1 atom stereocenters. The third-order valence-electron chi connectivity index (χ3n) is 3.25. The third-order valence-corrected chi connectivity index (χ3v) is 3.25. The van der Waals surface area contributed by atoms with Crippen LogP contribution in [0.15, 0.2) is 24.3 Å². The van der Waals surface area contributed by atoms with Gasteiger partial charge in [-0.25, -0.2) is 0 Å². The van der Waals surface area contributed by atoms with Crippen molar-refractivity contribution in [3.63, 3.8) is 0 Å². The molecule has 0 aliphatic heterocycles. The molecule has 0 saturated heterocycles. The molecule has 1 rings (SSSR count). The Labute approximate surface area is 104 Å². The summed E-state index contributed by atoms with van der Waals surface area (Å²) in [7, 11) is 1.67. The van der Waals surface area contributed by atoms with Crippen molar-refractivity contribution in [2.24, 2.45) is 5.41 Å². The Bertz CT molecular complexity index is 335. The number of ether oxygens (including phenoxy) is 1. The summed E-state index contributed by atoms with van der Waals surface area (Å²) in [4.78, 5) is 0. The predicted octanol–water partition coefficient (Wildman–Crippen LogP) is 2.19. The van der Waals surface area contributed by atoms with Crippen molar-refractivity contribution in [2.75, 3.05) is 20.3 Å². The van der Waals surface area contributed by atoms with E-state index in [9.17, 15) is 5.11 Å². The van der Waals surface area contributed by atoms with Crippen LogP contribution in [0, 0.1) is 5.41 Å². The average molecular weight is 237 g/mol. The van der Waals surface area contributed by atoms with Crippen molar-refractivity contribution < 1.29 is 9.84 Å². The van der Waals surface area contributed by atoms with E-state index in [-0.39, 0.29) is 12.0 Å². The first-order chi connectivity index (χ1) is 8.13. The zero-order chi connectivity index (χ0) is 12.7. The molecule has 0 amide bonds. The lowest BCUT2D eigenvalue weighted by Gasteiger charge is -2.25. The summed E-state index contributed by atoms with van der Waals surface area (Å²) >= 11 is 0. The molecular formula is C14H23NO2. The Hall–Kier alpha value is -1.06. The maximum atomic E-state index is 9.30. The monoisotopic (exact) mass is 237 g/mol. The summed E-state index contributed by atoms with van der Waals surface area (Å²) in [5.41, 5.74) is 1.17. The van der Waals surface area contributed by atoms with Gasteiger partial charge in [-0.1, -0.05) is 26.0 Å². The minimum Gasteiger partial charge on any atom is -0.497 e. The van der Waals surface area contributed by atoms with Gasteiger partial charge < -0.3 is 15.2 Å². The highest BCUT2D eigenvalue weighted by Crippen LogP contribution is 2.19. The zero-order valence-corrected chi connectivity index (χ0v) is 11.0. The van der Waals surface area contributed by atoms with Gasteiger partial charge in [-0.2, -0.15) is 0 Å². The van der Waals surface area contributed by atoms with Gasteiger partial charge in [-0.15, -0.1) is 0 Å². The molecular weight excluding hydrogens is 214 g/mol. The smallest absolute Gasteiger partial charge is 0.119 e. The van der Waals surface area contributed by atoms with Gasteiger partial charge >= 0.3 is 0 Å². The highest BCUT2D eigenvalue weighted by Gasteiger charge is 2.19. The van der Waals surface area contributed by atoms with Crippen molar-refractivity contribution >= 4 is 0 Å². The topological polar surface area (TPSA) is 41.5 Å². The van der Waals surface area contributed by atoms with Crippen LogP contribution in [0.1, 0.15) is 25.8 Å². The zero-order valence-electron chi connectivity index (χ0n) is 11.0. The van der Waals surface area contributed by atoms with E-state index < -0.39 is 0 Å². The molecule has 0 bridgehead atoms. The molecule has 0 saturated carbocycles. The SMILES string of the molecule is CCC(C)(CO)CNCc1cccc(OC)c1. The second kappa shape index (κ2) is 6.62. The Morgan fingerprint density at radius 1 is 1.41 bits per heavy atom. The molecule has 1 unspecified atom stereocenters. The fourth-order valence-corrected chi connectivity index (χ4v) is 1.58. The highest BCUT2D eigenvalue weighted by molar-refractivity contribution is 5.28. The molecule has 1 aromatic rings. The van der Waals surface area contributed by atoms with Crippen LogP contribution >= 0.6 is 0 Å². The van der Waals surface area contributed by atoms with Crippen LogP contribution in [0.25, 0.3) is 0 Å². The maximum absolute atomic E-state index is 9.30. The quantitative estimate of drug-likeness (QED) is 0.764. The van der Waals surface area contributed by atoms with E-state index in [0.717, 1.165) is 25.3 Å². The number of aliphatic hydroxyl groups is 1. The van der Waals surface area contributed by atoms with E-state index in [0.29, 0.717) is 0 Å². The first-order valence-corrected chi connectivity index (χ1v) is 6.08. The van der Waals surface area contributed by atoms with E-state index >= 15 is 0 Å². The van der Waals surface area contributed by atoms with E-state index in [1.54, 1.807) is 7.11 Å². The van der Waals surface area contributed by atoms with Gasteiger partial charge in [0.05, 0.1) is 7.11 Å². The maximum Gasteiger partial charge on any atom is 0.119 e. The van der Waals surface area contributed by atoms with Crippen molar-refractivity contribution in [2.45, 2.75) is 26.8 Å². The average Bonchev–Trinajstić information content (AvgIpc) is 2.39. The Morgan fingerprint density at radius 3 is 2.76 bits per heavy atom. The number of hydrogen-bond donors (Lipinski definition) is 2. The molecule has 0 aliphatic rings. The first kappa shape index (κ1) is 14.0. The van der Waals surface area contributed by atoms with Crippen LogP contribution in [-0.2, 0) is 6.54 Å². The molecule has 96 valence electrons. The number of methoxy groups -OCH3 is 1. The minimum absolute atomic E-state index is 0.0289. The van der Waals surface area contributed by atoms with Crippen LogP contribution in [0.4, 0.5) is 0 Å². The Balaban J connectivity index is 2.45. The summed E-state index contributed by atoms with van der Waals surface area (Å²) in [6.07, 6.45) is 0.967. The van der Waals surface area contributed by atoms with Crippen molar-refractivity contribution in [3.8, 4) is 5.75 Å². The highest BCUT2D eigenvalue weighted by atomic mass is 16.5. The minimum atomic E-state index is -0.0289. The van der Waals surface area contributed by atoms with Crippen molar-refractivity contribution in [3.05, 3.63) is 29.8 Å². The van der Waals surface area contributed by atoms with Crippen LogP contribution in [0.5, 0.6) is 5.75 Å². The summed E-state index contributed by atoms with van der Waals surface area (Å²) in [6.45, 7) is 6.02. The molecule has 1 aromatic carbocycles. The van der Waals surface area contributed by atoms with E-state index in [4.69, 9.17) is 4.74 Å². The van der Waals surface area contributed by atoms with E-state index in [1.165, 1.54) is 5.56 Å². The molecule has 0 spiro atoms. The fourth-order valence-electron chi connectivity index (χ4n) is 1.58. The number of nitrogens with one attached hydrogen (secondary N) is 1. The second-order valence-electron chi connectivity index (χ2n) is 4.78.